The Kier molecular flexibility index (Phi) is 4.84. The zero-order valence-electron chi connectivity index (χ0n) is 9.38. The molecule has 0 heterocycles. The summed E-state index contributed by atoms with van der Waals surface area (Å²) in [6, 6.07) is 3.83. The van der Waals surface area contributed by atoms with Gasteiger partial charge in [0, 0.05) is 0 Å². The van der Waals surface area contributed by atoms with E-state index in [9.17, 15) is 18.0 Å². The van der Waals surface area contributed by atoms with Crippen LogP contribution in [0.3, 0.4) is 0 Å². The van der Waals surface area contributed by atoms with Crippen LogP contribution in [0, 0.1) is 0 Å². The highest BCUT2D eigenvalue weighted by Crippen LogP contribution is 2.32. The van der Waals surface area contributed by atoms with Crippen molar-refractivity contribution in [2.45, 2.75) is 19.7 Å². The van der Waals surface area contributed by atoms with Crippen LogP contribution in [0.4, 0.5) is 13.2 Å². The number of hydrogen-bond donors (Lipinski definition) is 0. The minimum atomic E-state index is -4.83. The first kappa shape index (κ1) is 14.6. The van der Waals surface area contributed by atoms with Gasteiger partial charge in [0.2, 0.25) is 0 Å². The maximum absolute atomic E-state index is 12.1. The van der Waals surface area contributed by atoms with E-state index in [2.05, 4.69) is 9.47 Å². The first-order chi connectivity index (χ1) is 8.33. The predicted molar refractivity (Wildman–Crippen MR) is 58.5 cm³/mol. The van der Waals surface area contributed by atoms with Crippen LogP contribution in [0.1, 0.15) is 12.5 Å². The van der Waals surface area contributed by atoms with E-state index in [0.29, 0.717) is 0 Å². The third-order valence-electron chi connectivity index (χ3n) is 1.91. The Bertz CT molecular complexity index is 432. The van der Waals surface area contributed by atoms with Crippen molar-refractivity contribution < 1.29 is 27.4 Å². The average molecular weight is 283 g/mol. The van der Waals surface area contributed by atoms with Crippen LogP contribution in [0.15, 0.2) is 18.2 Å². The Hall–Kier alpha value is -1.43. The molecule has 0 fully saturated rings. The zero-order valence-corrected chi connectivity index (χ0v) is 10.1. The number of ether oxygens (including phenoxy) is 2. The van der Waals surface area contributed by atoms with E-state index in [1.54, 1.807) is 6.92 Å². The highest BCUT2D eigenvalue weighted by molar-refractivity contribution is 6.33. The van der Waals surface area contributed by atoms with Gasteiger partial charge in [0.15, 0.2) is 0 Å². The molecule has 0 atom stereocenters. The van der Waals surface area contributed by atoms with Crippen LogP contribution in [-0.4, -0.2) is 18.9 Å². The second-order valence-corrected chi connectivity index (χ2v) is 3.64. The van der Waals surface area contributed by atoms with Gasteiger partial charge in [-0.2, -0.15) is 0 Å². The molecule has 0 aliphatic rings. The van der Waals surface area contributed by atoms with Crippen molar-refractivity contribution >= 4 is 17.6 Å². The maximum atomic E-state index is 12.1. The number of hydrogen-bond acceptors (Lipinski definition) is 3. The fraction of sp³-hybridized carbons (Fsp3) is 0.364. The second kappa shape index (κ2) is 5.95. The third kappa shape index (κ3) is 4.44. The summed E-state index contributed by atoms with van der Waals surface area (Å²) >= 11 is 5.73. The quantitative estimate of drug-likeness (QED) is 0.795. The fourth-order valence-electron chi connectivity index (χ4n) is 1.26. The molecule has 0 amide bonds. The molecule has 0 aliphatic heterocycles. The van der Waals surface area contributed by atoms with E-state index in [1.807, 2.05) is 0 Å². The minimum Gasteiger partial charge on any atom is -0.466 e. The summed E-state index contributed by atoms with van der Waals surface area (Å²) in [5.41, 5.74) is 0.219. The standard InChI is InChI=1S/C11H10ClF3O3/c1-2-17-9(16)6-7-4-3-5-8(10(7)12)18-11(13,14)15/h3-5H,2,6H2,1H3. The van der Waals surface area contributed by atoms with Crippen LogP contribution < -0.4 is 4.74 Å². The number of rotatable bonds is 4. The first-order valence-electron chi connectivity index (χ1n) is 5.02. The molecule has 0 unspecified atom stereocenters. The first-order valence-corrected chi connectivity index (χ1v) is 5.40. The van der Waals surface area contributed by atoms with Gasteiger partial charge in [0.25, 0.3) is 0 Å². The van der Waals surface area contributed by atoms with Crippen LogP contribution in [0.25, 0.3) is 0 Å². The summed E-state index contributed by atoms with van der Waals surface area (Å²) in [5.74, 6) is -1.10. The molecule has 0 saturated heterocycles. The molecule has 1 rings (SSSR count). The Morgan fingerprint density at radius 3 is 2.61 bits per heavy atom. The van der Waals surface area contributed by atoms with Gasteiger partial charge >= 0.3 is 12.3 Å². The maximum Gasteiger partial charge on any atom is 0.573 e. The normalized spacial score (nSPS) is 11.2. The summed E-state index contributed by atoms with van der Waals surface area (Å²) in [6.45, 7) is 1.82. The van der Waals surface area contributed by atoms with Crippen molar-refractivity contribution in [3.63, 3.8) is 0 Å². The van der Waals surface area contributed by atoms with Crippen LogP contribution in [0.2, 0.25) is 5.02 Å². The molecule has 0 radical (unpaired) electrons. The molecule has 1 aromatic carbocycles. The Morgan fingerprint density at radius 2 is 2.06 bits per heavy atom. The topological polar surface area (TPSA) is 35.5 Å². The van der Waals surface area contributed by atoms with E-state index in [-0.39, 0.29) is 23.6 Å². The molecule has 0 N–H and O–H groups in total. The van der Waals surface area contributed by atoms with Crippen molar-refractivity contribution in [3.8, 4) is 5.75 Å². The Balaban J connectivity index is 2.88. The molecular formula is C11H10ClF3O3. The molecule has 1 aromatic rings. The summed E-state index contributed by atoms with van der Waals surface area (Å²) in [7, 11) is 0. The lowest BCUT2D eigenvalue weighted by atomic mass is 10.1. The van der Waals surface area contributed by atoms with Crippen molar-refractivity contribution in [1.82, 2.24) is 0 Å². The monoisotopic (exact) mass is 282 g/mol. The molecule has 0 bridgehead atoms. The summed E-state index contributed by atoms with van der Waals surface area (Å²) in [5, 5.41) is -0.247. The number of carbonyl (C=O) groups excluding carboxylic acids is 1. The largest absolute Gasteiger partial charge is 0.573 e. The summed E-state index contributed by atoms with van der Waals surface area (Å²) in [4.78, 5) is 11.2. The third-order valence-corrected chi connectivity index (χ3v) is 2.34. The number of esters is 1. The van der Waals surface area contributed by atoms with Gasteiger partial charge in [-0.1, -0.05) is 23.7 Å². The summed E-state index contributed by atoms with van der Waals surface area (Å²) < 4.78 is 44.6. The van der Waals surface area contributed by atoms with Gasteiger partial charge < -0.3 is 9.47 Å². The van der Waals surface area contributed by atoms with Gasteiger partial charge in [-0.3, -0.25) is 4.79 Å². The highest BCUT2D eigenvalue weighted by Gasteiger charge is 2.32. The van der Waals surface area contributed by atoms with E-state index >= 15 is 0 Å². The Labute approximate surface area is 106 Å². The van der Waals surface area contributed by atoms with Crippen LogP contribution >= 0.6 is 11.6 Å². The molecular weight excluding hydrogens is 273 g/mol. The zero-order chi connectivity index (χ0) is 13.8. The smallest absolute Gasteiger partial charge is 0.466 e. The van der Waals surface area contributed by atoms with Gasteiger partial charge in [-0.05, 0) is 18.6 Å². The molecule has 3 nitrogen and oxygen atoms in total. The molecule has 0 saturated carbocycles. The summed E-state index contributed by atoms with van der Waals surface area (Å²) in [6.07, 6.45) is -5.03. The van der Waals surface area contributed by atoms with Crippen molar-refractivity contribution in [2.24, 2.45) is 0 Å². The fourth-order valence-corrected chi connectivity index (χ4v) is 1.50. The molecule has 7 heteroatoms. The van der Waals surface area contributed by atoms with Gasteiger partial charge in [0.05, 0.1) is 18.1 Å². The van der Waals surface area contributed by atoms with E-state index in [4.69, 9.17) is 11.6 Å². The van der Waals surface area contributed by atoms with Gasteiger partial charge in [-0.15, -0.1) is 13.2 Å². The van der Waals surface area contributed by atoms with Crippen molar-refractivity contribution in [1.29, 1.82) is 0 Å². The van der Waals surface area contributed by atoms with Crippen molar-refractivity contribution in [2.75, 3.05) is 6.61 Å². The second-order valence-electron chi connectivity index (χ2n) is 3.26. The predicted octanol–water partition coefficient (Wildman–Crippen LogP) is 3.34. The lowest BCUT2D eigenvalue weighted by Gasteiger charge is -2.12. The lowest BCUT2D eigenvalue weighted by Crippen LogP contribution is -2.17. The average Bonchev–Trinajstić information content (AvgIpc) is 2.22. The molecule has 0 aromatic heterocycles. The van der Waals surface area contributed by atoms with E-state index in [1.165, 1.54) is 12.1 Å². The minimum absolute atomic E-state index is 0.190. The lowest BCUT2D eigenvalue weighted by molar-refractivity contribution is -0.274. The van der Waals surface area contributed by atoms with E-state index < -0.39 is 18.1 Å². The molecule has 0 aliphatic carbocycles. The molecule has 0 spiro atoms. The van der Waals surface area contributed by atoms with Crippen molar-refractivity contribution in [3.05, 3.63) is 28.8 Å². The number of benzene rings is 1. The van der Waals surface area contributed by atoms with Crippen LogP contribution in [0.5, 0.6) is 5.75 Å². The Morgan fingerprint density at radius 1 is 1.39 bits per heavy atom. The highest BCUT2D eigenvalue weighted by atomic mass is 35.5. The van der Waals surface area contributed by atoms with E-state index in [0.717, 1.165) is 6.07 Å². The molecule has 18 heavy (non-hydrogen) atoms. The number of alkyl halides is 3. The SMILES string of the molecule is CCOC(=O)Cc1cccc(OC(F)(F)F)c1Cl. The molecule has 100 valence electrons. The number of halogens is 4. The number of carbonyl (C=O) groups is 1. The van der Waals surface area contributed by atoms with Gasteiger partial charge in [-0.25, -0.2) is 0 Å². The van der Waals surface area contributed by atoms with Gasteiger partial charge in [0.1, 0.15) is 5.75 Å². The van der Waals surface area contributed by atoms with Crippen LogP contribution in [-0.2, 0) is 16.0 Å².